The van der Waals surface area contributed by atoms with Crippen LogP contribution in [0.4, 0.5) is 13.2 Å². The molecule has 1 aromatic heterocycles. The van der Waals surface area contributed by atoms with Crippen LogP contribution in [0, 0.1) is 5.92 Å². The molecule has 0 saturated heterocycles. The van der Waals surface area contributed by atoms with Gasteiger partial charge in [0, 0.05) is 37.6 Å². The number of ketones is 1. The molecule has 0 fully saturated rings. The maximum atomic E-state index is 13.5. The summed E-state index contributed by atoms with van der Waals surface area (Å²) in [7, 11) is 1.70. The first-order valence-corrected chi connectivity index (χ1v) is 11.1. The molecule has 0 aliphatic heterocycles. The van der Waals surface area contributed by atoms with E-state index in [-0.39, 0.29) is 30.2 Å². The Bertz CT molecular complexity index is 1330. The maximum Gasteiger partial charge on any atom is 0.416 e. The van der Waals surface area contributed by atoms with Crippen molar-refractivity contribution in [1.29, 1.82) is 0 Å². The Labute approximate surface area is 199 Å². The van der Waals surface area contributed by atoms with Crippen molar-refractivity contribution in [2.45, 2.75) is 45.2 Å². The normalized spacial score (nSPS) is 15.6. The smallest absolute Gasteiger partial charge is 0.416 e. The molecule has 1 unspecified atom stereocenters. The maximum absolute atomic E-state index is 13.5. The third-order valence-corrected chi connectivity index (χ3v) is 5.69. The zero-order valence-electron chi connectivity index (χ0n) is 19.4. The lowest BCUT2D eigenvalue weighted by Crippen LogP contribution is -2.49. The van der Waals surface area contributed by atoms with Crippen molar-refractivity contribution in [2.24, 2.45) is 5.92 Å². The van der Waals surface area contributed by atoms with E-state index in [0.29, 0.717) is 41.4 Å². The number of unbranched alkanes of at least 4 members (excludes halogenated alkanes) is 1. The summed E-state index contributed by atoms with van der Waals surface area (Å²) in [4.78, 5) is 40.5. The highest BCUT2D eigenvalue weighted by atomic mass is 19.4. The van der Waals surface area contributed by atoms with Crippen LogP contribution >= 0.6 is 0 Å². The van der Waals surface area contributed by atoms with Crippen LogP contribution in [-0.4, -0.2) is 33.5 Å². The molecule has 35 heavy (non-hydrogen) atoms. The quantitative estimate of drug-likeness (QED) is 0.414. The number of carboxylic acids is 1. The van der Waals surface area contributed by atoms with Crippen molar-refractivity contribution < 1.29 is 27.9 Å². The van der Waals surface area contributed by atoms with E-state index < -0.39 is 23.3 Å². The predicted octanol–water partition coefficient (Wildman–Crippen LogP) is 2.32. The molecule has 7 nitrogen and oxygen atoms in total. The minimum Gasteiger partial charge on any atom is -0.481 e. The van der Waals surface area contributed by atoms with Gasteiger partial charge in [0.25, 0.3) is 5.56 Å². The zero-order chi connectivity index (χ0) is 25.8. The zero-order valence-corrected chi connectivity index (χ0v) is 19.4. The topological polar surface area (TPSA) is 101 Å². The summed E-state index contributed by atoms with van der Waals surface area (Å²) in [5.74, 6) is -0.944. The Hall–Kier alpha value is -3.69. The van der Waals surface area contributed by atoms with Gasteiger partial charge >= 0.3 is 12.1 Å². The molecule has 0 spiro atoms. The Balaban J connectivity index is 2.12. The summed E-state index contributed by atoms with van der Waals surface area (Å²) in [6, 6.07) is 4.27. The number of rotatable bonds is 9. The Morgan fingerprint density at radius 3 is 2.49 bits per heavy atom. The third-order valence-electron chi connectivity index (χ3n) is 5.69. The number of halogens is 3. The van der Waals surface area contributed by atoms with Gasteiger partial charge in [-0.2, -0.15) is 13.2 Å². The van der Waals surface area contributed by atoms with E-state index in [1.165, 1.54) is 29.7 Å². The van der Waals surface area contributed by atoms with Gasteiger partial charge in [-0.3, -0.25) is 19.0 Å². The standard InChI is InChI=1S/C25H26F3N3O4/c1-15(32)13-20(29-2)16-7-12-19-21(14-16)30-22(5-3-4-6-23(33)34)31(24(19)35)18-10-8-17(9-11-18)25(26,27)28/h8-14,16,29H,3-7H2,1-2H3,(H,33,34). The fraction of sp³-hybridized carbons (Fsp3) is 0.360. The Morgan fingerprint density at radius 1 is 1.23 bits per heavy atom. The Kier molecular flexibility index (Phi) is 7.93. The van der Waals surface area contributed by atoms with Crippen molar-refractivity contribution in [3.63, 3.8) is 0 Å². The van der Waals surface area contributed by atoms with Crippen molar-refractivity contribution in [2.75, 3.05) is 7.05 Å². The molecule has 1 atom stereocenters. The van der Waals surface area contributed by atoms with Crippen LogP contribution in [0.5, 0.6) is 0 Å². The number of aromatic nitrogens is 2. The van der Waals surface area contributed by atoms with E-state index in [4.69, 9.17) is 5.11 Å². The number of nitrogens with one attached hydrogen (secondary N) is 1. The van der Waals surface area contributed by atoms with Crippen LogP contribution in [0.25, 0.3) is 17.8 Å². The molecule has 0 bridgehead atoms. The predicted molar refractivity (Wildman–Crippen MR) is 124 cm³/mol. The number of carbonyl (C=O) groups is 2. The minimum atomic E-state index is -4.51. The van der Waals surface area contributed by atoms with Crippen LogP contribution in [0.2, 0.25) is 0 Å². The lowest BCUT2D eigenvalue weighted by molar-refractivity contribution is -0.138. The molecule has 186 valence electrons. The molecule has 2 N–H and O–H groups in total. The van der Waals surface area contributed by atoms with E-state index in [2.05, 4.69) is 10.3 Å². The van der Waals surface area contributed by atoms with Crippen LogP contribution in [-0.2, 0) is 22.2 Å². The number of aliphatic carboxylic acids is 1. The molecule has 1 aliphatic rings. The van der Waals surface area contributed by atoms with Gasteiger partial charge in [-0.15, -0.1) is 0 Å². The summed E-state index contributed by atoms with van der Waals surface area (Å²) in [6.07, 6.45) is 1.93. The number of alkyl halides is 3. The van der Waals surface area contributed by atoms with Crippen LogP contribution < -0.4 is 21.4 Å². The van der Waals surface area contributed by atoms with Gasteiger partial charge < -0.3 is 10.4 Å². The van der Waals surface area contributed by atoms with Crippen LogP contribution in [0.1, 0.15) is 44.0 Å². The number of hydrogen-bond donors (Lipinski definition) is 2. The third kappa shape index (κ3) is 6.26. The fourth-order valence-electron chi connectivity index (χ4n) is 4.01. The Morgan fingerprint density at radius 2 is 1.91 bits per heavy atom. The molecule has 0 amide bonds. The van der Waals surface area contributed by atoms with Gasteiger partial charge in [0.05, 0.1) is 21.8 Å². The van der Waals surface area contributed by atoms with E-state index in [9.17, 15) is 27.6 Å². The van der Waals surface area contributed by atoms with Gasteiger partial charge in [-0.25, -0.2) is 4.98 Å². The van der Waals surface area contributed by atoms with Crippen LogP contribution in [0.15, 0.2) is 40.8 Å². The molecular formula is C25H26F3N3O4. The second kappa shape index (κ2) is 10.7. The minimum absolute atomic E-state index is 0.0429. The average molecular weight is 489 g/mol. The molecule has 1 aliphatic carbocycles. The SMILES string of the molecule is CNC(=CC(C)=O)C1C=c2nc(CCCCC(=O)O)n(-c3ccc(C(F)(F)F)cc3)c(=O)c2=CC1. The molecule has 10 heteroatoms. The van der Waals surface area contributed by atoms with Gasteiger partial charge in [0.2, 0.25) is 0 Å². The highest BCUT2D eigenvalue weighted by Gasteiger charge is 2.30. The van der Waals surface area contributed by atoms with E-state index in [1.54, 1.807) is 19.2 Å². The first-order valence-electron chi connectivity index (χ1n) is 11.1. The molecular weight excluding hydrogens is 463 g/mol. The number of nitrogens with zero attached hydrogens (tertiary/aromatic N) is 2. The second-order valence-corrected chi connectivity index (χ2v) is 8.29. The second-order valence-electron chi connectivity index (χ2n) is 8.29. The van der Waals surface area contributed by atoms with Gasteiger partial charge in [0.15, 0.2) is 5.78 Å². The average Bonchev–Trinajstić information content (AvgIpc) is 2.79. The number of benzene rings is 1. The number of carboxylic acid groups (broad SMARTS) is 1. The van der Waals surface area contributed by atoms with Gasteiger partial charge in [-0.1, -0.05) is 6.08 Å². The number of fused-ring (bicyclic) bond motifs is 1. The lowest BCUT2D eigenvalue weighted by atomic mass is 9.95. The molecule has 0 saturated carbocycles. The first kappa shape index (κ1) is 25.9. The van der Waals surface area contributed by atoms with Crippen molar-refractivity contribution in [1.82, 2.24) is 14.9 Å². The van der Waals surface area contributed by atoms with Crippen LogP contribution in [0.3, 0.4) is 0 Å². The summed E-state index contributed by atoms with van der Waals surface area (Å²) in [5.41, 5.74) is -0.326. The molecule has 3 rings (SSSR count). The molecule has 2 aromatic rings. The molecule has 1 aromatic carbocycles. The van der Waals surface area contributed by atoms with E-state index in [1.807, 2.05) is 0 Å². The molecule has 0 radical (unpaired) electrons. The fourth-order valence-corrected chi connectivity index (χ4v) is 4.01. The number of aryl methyl sites for hydroxylation is 1. The van der Waals surface area contributed by atoms with E-state index >= 15 is 0 Å². The highest BCUT2D eigenvalue weighted by molar-refractivity contribution is 5.88. The van der Waals surface area contributed by atoms with E-state index in [0.717, 1.165) is 12.1 Å². The molecule has 1 heterocycles. The van der Waals surface area contributed by atoms with Gasteiger partial charge in [0.1, 0.15) is 5.82 Å². The van der Waals surface area contributed by atoms with Crippen molar-refractivity contribution >= 4 is 23.9 Å². The van der Waals surface area contributed by atoms with Crippen molar-refractivity contribution in [3.8, 4) is 5.69 Å². The number of allylic oxidation sites excluding steroid dienone is 2. The number of carbonyl (C=O) groups excluding carboxylic acids is 1. The summed E-state index contributed by atoms with van der Waals surface area (Å²) in [5, 5.41) is 12.6. The summed E-state index contributed by atoms with van der Waals surface area (Å²) < 4.78 is 40.3. The van der Waals surface area contributed by atoms with Gasteiger partial charge in [-0.05, 0) is 56.5 Å². The largest absolute Gasteiger partial charge is 0.481 e. The highest BCUT2D eigenvalue weighted by Crippen LogP contribution is 2.29. The first-order chi connectivity index (χ1) is 16.5. The number of hydrogen-bond acceptors (Lipinski definition) is 5. The monoisotopic (exact) mass is 489 g/mol. The lowest BCUT2D eigenvalue weighted by Gasteiger charge is -2.19. The summed E-state index contributed by atoms with van der Waals surface area (Å²) in [6.45, 7) is 1.44. The van der Waals surface area contributed by atoms with Crippen molar-refractivity contribution in [3.05, 3.63) is 68.3 Å². The summed E-state index contributed by atoms with van der Waals surface area (Å²) >= 11 is 0.